The summed E-state index contributed by atoms with van der Waals surface area (Å²) in [6, 6.07) is 34.1. The Morgan fingerprint density at radius 3 is 1.21 bits per heavy atom. The fraction of sp³-hybridized carbons (Fsp3) is 0.143. The van der Waals surface area contributed by atoms with Gasteiger partial charge in [-0.25, -0.2) is 9.59 Å². The summed E-state index contributed by atoms with van der Waals surface area (Å²) in [5.74, 6) is -1.87. The summed E-state index contributed by atoms with van der Waals surface area (Å²) >= 11 is 2.17. The molecule has 0 aliphatic carbocycles. The van der Waals surface area contributed by atoms with Crippen LogP contribution in [-0.4, -0.2) is 59.7 Å². The summed E-state index contributed by atoms with van der Waals surface area (Å²) in [5, 5.41) is 17.9. The Morgan fingerprint density at radius 1 is 0.554 bits per heavy atom. The van der Waals surface area contributed by atoms with Gasteiger partial charge in [0.25, 0.3) is 11.8 Å². The maximum absolute atomic E-state index is 12.8. The van der Waals surface area contributed by atoms with E-state index in [2.05, 4.69) is 29.9 Å². The first-order valence-electron chi connectivity index (χ1n) is 17.1. The molecule has 0 saturated carbocycles. The highest BCUT2D eigenvalue weighted by Crippen LogP contribution is 2.36. The third-order valence-corrected chi connectivity index (χ3v) is 9.97. The van der Waals surface area contributed by atoms with Crippen molar-refractivity contribution in [2.24, 2.45) is 20.4 Å². The molecule has 14 heteroatoms. The Morgan fingerprint density at radius 2 is 0.893 bits per heavy atom. The molecule has 0 bridgehead atoms. The lowest BCUT2D eigenvalue weighted by Crippen LogP contribution is -2.28. The van der Waals surface area contributed by atoms with Crippen molar-refractivity contribution in [1.29, 1.82) is 0 Å². The number of ether oxygens (including phenoxy) is 2. The van der Waals surface area contributed by atoms with Crippen molar-refractivity contribution in [3.63, 3.8) is 0 Å². The molecule has 2 fully saturated rings. The molecular weight excluding hydrogens is 749 g/mol. The van der Waals surface area contributed by atoms with E-state index in [1.807, 2.05) is 113 Å². The Hall–Kier alpha value is -6.38. The van der Waals surface area contributed by atoms with E-state index in [0.717, 1.165) is 57.2 Å². The van der Waals surface area contributed by atoms with E-state index >= 15 is 0 Å². The zero-order valence-corrected chi connectivity index (χ0v) is 33.1. The number of methoxy groups -OCH3 is 2. The highest BCUT2D eigenvalue weighted by Gasteiger charge is 2.36. The Kier molecular flexibility index (Phi) is 14.0. The first kappa shape index (κ1) is 40.8. The summed E-state index contributed by atoms with van der Waals surface area (Å²) in [6.45, 7) is 7.75. The molecular formula is C42H38N6O6S2. The first-order chi connectivity index (χ1) is 27.0. The molecule has 4 aromatic carbocycles. The van der Waals surface area contributed by atoms with E-state index < -0.39 is 11.9 Å². The molecule has 0 aromatic heterocycles. The third kappa shape index (κ3) is 10.4. The van der Waals surface area contributed by atoms with Gasteiger partial charge < -0.3 is 9.47 Å². The number of carbonyl (C=O) groups is 4. The molecule has 284 valence electrons. The molecule has 0 radical (unpaired) electrons. The monoisotopic (exact) mass is 786 g/mol. The lowest BCUT2D eigenvalue weighted by atomic mass is 10.1. The largest absolute Gasteiger partial charge is 0.466 e. The Bertz CT molecular complexity index is 2120. The number of carbonyl (C=O) groups excluding carboxylic acids is 4. The van der Waals surface area contributed by atoms with Gasteiger partial charge in [0.2, 0.25) is 10.3 Å². The number of esters is 2. The van der Waals surface area contributed by atoms with Crippen LogP contribution in [0.25, 0.3) is 0 Å². The summed E-state index contributed by atoms with van der Waals surface area (Å²) < 4.78 is 9.27. The van der Waals surface area contributed by atoms with E-state index in [0.29, 0.717) is 21.7 Å². The number of amides is 2. The van der Waals surface area contributed by atoms with E-state index in [-0.39, 0.29) is 21.6 Å². The third-order valence-electron chi connectivity index (χ3n) is 8.05. The van der Waals surface area contributed by atoms with Gasteiger partial charge in [0.05, 0.1) is 46.8 Å². The molecule has 0 spiro atoms. The number of thioether (sulfide) groups is 2. The molecule has 2 heterocycles. The zero-order valence-electron chi connectivity index (χ0n) is 31.5. The van der Waals surface area contributed by atoms with Gasteiger partial charge in [-0.3, -0.25) is 19.4 Å². The fourth-order valence-electron chi connectivity index (χ4n) is 4.96. The first-order valence-corrected chi connectivity index (χ1v) is 18.7. The molecule has 2 aliphatic rings. The number of para-hydroxylation sites is 2. The van der Waals surface area contributed by atoms with Crippen molar-refractivity contribution in [3.8, 4) is 0 Å². The van der Waals surface area contributed by atoms with Gasteiger partial charge in [0.1, 0.15) is 0 Å². The molecule has 2 aliphatic heterocycles. The number of amidine groups is 2. The number of anilines is 2. The van der Waals surface area contributed by atoms with E-state index in [4.69, 9.17) is 0 Å². The van der Waals surface area contributed by atoms with Crippen molar-refractivity contribution < 1.29 is 28.7 Å². The number of hydrogen-bond acceptors (Lipinski definition) is 12. The van der Waals surface area contributed by atoms with Crippen LogP contribution in [0.15, 0.2) is 152 Å². The van der Waals surface area contributed by atoms with Crippen LogP contribution in [0.2, 0.25) is 0 Å². The highest BCUT2D eigenvalue weighted by molar-refractivity contribution is 8.19. The average Bonchev–Trinajstić information content (AvgIpc) is 3.70. The summed E-state index contributed by atoms with van der Waals surface area (Å²) in [6.07, 6.45) is 2.34. The number of rotatable bonds is 8. The normalized spacial score (nSPS) is 17.5. The van der Waals surface area contributed by atoms with Crippen molar-refractivity contribution in [3.05, 3.63) is 153 Å². The zero-order chi connectivity index (χ0) is 40.2. The van der Waals surface area contributed by atoms with Gasteiger partial charge in [-0.05, 0) is 86.6 Å². The second kappa shape index (κ2) is 19.3. The molecule has 2 saturated heterocycles. The minimum absolute atomic E-state index is 0.234. The molecule has 2 amide bonds. The second-order valence-corrected chi connectivity index (χ2v) is 14.1. The molecule has 12 nitrogen and oxygen atoms in total. The molecule has 6 rings (SSSR count). The van der Waals surface area contributed by atoms with E-state index in [9.17, 15) is 19.2 Å². The summed E-state index contributed by atoms with van der Waals surface area (Å²) in [7, 11) is 2.53. The SMILES string of the molecule is COC(=O)/C=C1\S/C(=N\N=C(/C)c2ccc(C)cc2)N(c2ccccc2)C1=O.COC(=O)/C=C1\S/C(=N\N=C(/C)c2ccc(C)cc2)N(c2ccccc2)C1=O. The summed E-state index contributed by atoms with van der Waals surface area (Å²) in [5.41, 5.74) is 6.95. The van der Waals surface area contributed by atoms with Crippen LogP contribution in [0.4, 0.5) is 11.4 Å². The second-order valence-electron chi connectivity index (χ2n) is 12.1. The van der Waals surface area contributed by atoms with Crippen LogP contribution in [0.5, 0.6) is 0 Å². The molecule has 0 atom stereocenters. The van der Waals surface area contributed by atoms with Gasteiger partial charge in [-0.2, -0.15) is 10.2 Å². The van der Waals surface area contributed by atoms with Gasteiger partial charge in [-0.15, -0.1) is 10.2 Å². The quantitative estimate of drug-likeness (QED) is 0.0762. The van der Waals surface area contributed by atoms with E-state index in [1.165, 1.54) is 36.2 Å². The van der Waals surface area contributed by atoms with Crippen LogP contribution < -0.4 is 9.80 Å². The van der Waals surface area contributed by atoms with Crippen LogP contribution in [0, 0.1) is 13.8 Å². The molecule has 4 aromatic rings. The van der Waals surface area contributed by atoms with Crippen LogP contribution >= 0.6 is 23.5 Å². The van der Waals surface area contributed by atoms with Crippen molar-refractivity contribution in [1.82, 2.24) is 0 Å². The number of nitrogens with zero attached hydrogens (tertiary/aromatic N) is 6. The Balaban J connectivity index is 0.000000214. The maximum atomic E-state index is 12.8. The number of aryl methyl sites for hydroxylation is 2. The van der Waals surface area contributed by atoms with Gasteiger partial charge in [0.15, 0.2) is 0 Å². The van der Waals surface area contributed by atoms with Crippen molar-refractivity contribution >= 4 is 80.4 Å². The van der Waals surface area contributed by atoms with Crippen molar-refractivity contribution in [2.45, 2.75) is 27.7 Å². The van der Waals surface area contributed by atoms with E-state index in [1.54, 1.807) is 24.3 Å². The lowest BCUT2D eigenvalue weighted by molar-refractivity contribution is -0.135. The predicted octanol–water partition coefficient (Wildman–Crippen LogP) is 7.82. The van der Waals surface area contributed by atoms with Crippen LogP contribution in [0.1, 0.15) is 36.1 Å². The highest BCUT2D eigenvalue weighted by atomic mass is 32.2. The number of benzene rings is 4. The minimum Gasteiger partial charge on any atom is -0.466 e. The predicted molar refractivity (Wildman–Crippen MR) is 225 cm³/mol. The van der Waals surface area contributed by atoms with Crippen molar-refractivity contribution in [2.75, 3.05) is 24.0 Å². The lowest BCUT2D eigenvalue weighted by Gasteiger charge is -2.14. The standard InChI is InChI=1S/2C21H19N3O3S/c2*1-14-9-11-16(12-10-14)15(2)22-23-21-24(17-7-5-4-6-8-17)20(26)18(28-21)13-19(25)27-3/h2*4-13H,1-3H3/b2*18-13-,22-15+,23-21-. The van der Waals surface area contributed by atoms with Crippen LogP contribution in [0.3, 0.4) is 0 Å². The van der Waals surface area contributed by atoms with Gasteiger partial charge in [-0.1, -0.05) is 96.1 Å². The number of hydrogen-bond donors (Lipinski definition) is 0. The fourth-order valence-corrected chi connectivity index (χ4v) is 6.75. The average molecular weight is 787 g/mol. The minimum atomic E-state index is -0.593. The molecule has 0 N–H and O–H groups in total. The maximum Gasteiger partial charge on any atom is 0.331 e. The summed E-state index contributed by atoms with van der Waals surface area (Å²) in [4.78, 5) is 52.2. The van der Waals surface area contributed by atoms with Gasteiger partial charge >= 0.3 is 11.9 Å². The smallest absolute Gasteiger partial charge is 0.331 e. The molecule has 0 unspecified atom stereocenters. The Labute approximate surface area is 333 Å². The molecule has 56 heavy (non-hydrogen) atoms. The topological polar surface area (TPSA) is 143 Å². The van der Waals surface area contributed by atoms with Gasteiger partial charge in [0, 0.05) is 12.2 Å². The van der Waals surface area contributed by atoms with Crippen LogP contribution in [-0.2, 0) is 28.7 Å².